The molecular formula is C22H25ClFN3O3. The highest BCUT2D eigenvalue weighted by molar-refractivity contribution is 6.30. The first-order valence-corrected chi connectivity index (χ1v) is 10.3. The minimum absolute atomic E-state index is 0.0883. The van der Waals surface area contributed by atoms with E-state index in [0.29, 0.717) is 49.1 Å². The summed E-state index contributed by atoms with van der Waals surface area (Å²) in [5, 5.41) is 3.44. The molecule has 0 spiro atoms. The molecule has 0 radical (unpaired) electrons. The number of amides is 2. The van der Waals surface area contributed by atoms with Gasteiger partial charge in [-0.2, -0.15) is 0 Å². The molecule has 160 valence electrons. The van der Waals surface area contributed by atoms with E-state index in [0.717, 1.165) is 13.0 Å². The SMILES string of the molecule is O=C(CN1CCCN(C(=O)c2cccc(F)c2)CC1)NCCOc1cccc(Cl)c1. The van der Waals surface area contributed by atoms with Gasteiger partial charge in [-0.15, -0.1) is 0 Å². The lowest BCUT2D eigenvalue weighted by molar-refractivity contribution is -0.122. The van der Waals surface area contributed by atoms with Gasteiger partial charge in [0.15, 0.2) is 0 Å². The van der Waals surface area contributed by atoms with E-state index >= 15 is 0 Å². The predicted octanol–water partition coefficient (Wildman–Crippen LogP) is 2.82. The Labute approximate surface area is 180 Å². The molecule has 0 saturated carbocycles. The number of carbonyl (C=O) groups is 2. The van der Waals surface area contributed by atoms with Gasteiger partial charge in [-0.25, -0.2) is 4.39 Å². The Hall–Kier alpha value is -2.64. The molecule has 1 saturated heterocycles. The van der Waals surface area contributed by atoms with Crippen molar-refractivity contribution >= 4 is 23.4 Å². The monoisotopic (exact) mass is 433 g/mol. The Bertz CT molecular complexity index is 880. The molecule has 30 heavy (non-hydrogen) atoms. The summed E-state index contributed by atoms with van der Waals surface area (Å²) in [6.07, 6.45) is 0.756. The molecule has 1 heterocycles. The average molecular weight is 434 g/mol. The summed E-state index contributed by atoms with van der Waals surface area (Å²) in [4.78, 5) is 28.5. The first kappa shape index (κ1) is 22.1. The fourth-order valence-electron chi connectivity index (χ4n) is 3.31. The van der Waals surface area contributed by atoms with E-state index < -0.39 is 5.82 Å². The summed E-state index contributed by atoms with van der Waals surface area (Å²) in [5.74, 6) is -0.0331. The van der Waals surface area contributed by atoms with Gasteiger partial charge in [-0.05, 0) is 42.8 Å². The van der Waals surface area contributed by atoms with E-state index in [-0.39, 0.29) is 18.4 Å². The lowest BCUT2D eigenvalue weighted by Crippen LogP contribution is -2.41. The van der Waals surface area contributed by atoms with Crippen LogP contribution in [0.3, 0.4) is 0 Å². The molecule has 0 aliphatic carbocycles. The van der Waals surface area contributed by atoms with Crippen molar-refractivity contribution in [3.63, 3.8) is 0 Å². The summed E-state index contributed by atoms with van der Waals surface area (Å²) in [6.45, 7) is 3.40. The van der Waals surface area contributed by atoms with Crippen LogP contribution in [-0.4, -0.2) is 67.5 Å². The van der Waals surface area contributed by atoms with E-state index in [4.69, 9.17) is 16.3 Å². The highest BCUT2D eigenvalue weighted by Gasteiger charge is 2.21. The van der Waals surface area contributed by atoms with E-state index in [9.17, 15) is 14.0 Å². The first-order chi connectivity index (χ1) is 14.5. The average Bonchev–Trinajstić information content (AvgIpc) is 2.96. The highest BCUT2D eigenvalue weighted by Crippen LogP contribution is 2.16. The van der Waals surface area contributed by atoms with Gasteiger partial charge in [0, 0.05) is 36.8 Å². The number of hydrogen-bond donors (Lipinski definition) is 1. The summed E-state index contributed by atoms with van der Waals surface area (Å²) in [5.41, 5.74) is 0.348. The number of nitrogens with zero attached hydrogens (tertiary/aromatic N) is 2. The van der Waals surface area contributed by atoms with Gasteiger partial charge >= 0.3 is 0 Å². The molecule has 6 nitrogen and oxygen atoms in total. The van der Waals surface area contributed by atoms with Crippen LogP contribution in [0.5, 0.6) is 5.75 Å². The Kier molecular flexibility index (Phi) is 8.04. The highest BCUT2D eigenvalue weighted by atomic mass is 35.5. The lowest BCUT2D eigenvalue weighted by Gasteiger charge is -2.22. The van der Waals surface area contributed by atoms with Gasteiger partial charge in [0.2, 0.25) is 5.91 Å². The van der Waals surface area contributed by atoms with Crippen molar-refractivity contribution in [2.75, 3.05) is 45.9 Å². The Balaban J connectivity index is 1.38. The van der Waals surface area contributed by atoms with Crippen LogP contribution in [0.15, 0.2) is 48.5 Å². The number of hydrogen-bond acceptors (Lipinski definition) is 4. The van der Waals surface area contributed by atoms with Crippen molar-refractivity contribution in [1.82, 2.24) is 15.1 Å². The molecule has 0 bridgehead atoms. The molecule has 0 unspecified atom stereocenters. The van der Waals surface area contributed by atoms with Crippen molar-refractivity contribution < 1.29 is 18.7 Å². The van der Waals surface area contributed by atoms with Crippen molar-refractivity contribution in [2.45, 2.75) is 6.42 Å². The van der Waals surface area contributed by atoms with Crippen molar-refractivity contribution in [2.24, 2.45) is 0 Å². The molecule has 0 aromatic heterocycles. The van der Waals surface area contributed by atoms with Crippen LogP contribution in [0.1, 0.15) is 16.8 Å². The molecule has 1 aliphatic rings. The second kappa shape index (κ2) is 10.9. The zero-order valence-electron chi connectivity index (χ0n) is 16.7. The maximum Gasteiger partial charge on any atom is 0.254 e. The van der Waals surface area contributed by atoms with Gasteiger partial charge < -0.3 is 15.0 Å². The van der Waals surface area contributed by atoms with E-state index in [1.807, 2.05) is 11.0 Å². The van der Waals surface area contributed by atoms with Gasteiger partial charge in [-0.1, -0.05) is 23.7 Å². The number of halogens is 2. The fourth-order valence-corrected chi connectivity index (χ4v) is 3.49. The van der Waals surface area contributed by atoms with Gasteiger partial charge in [-0.3, -0.25) is 14.5 Å². The molecule has 1 fully saturated rings. The second-order valence-electron chi connectivity index (χ2n) is 7.09. The summed E-state index contributed by atoms with van der Waals surface area (Å²) in [7, 11) is 0. The number of rotatable bonds is 7. The zero-order valence-corrected chi connectivity index (χ0v) is 17.4. The van der Waals surface area contributed by atoms with E-state index in [1.165, 1.54) is 18.2 Å². The third kappa shape index (κ3) is 6.71. The molecule has 0 atom stereocenters. The van der Waals surface area contributed by atoms with E-state index in [2.05, 4.69) is 5.32 Å². The van der Waals surface area contributed by atoms with E-state index in [1.54, 1.807) is 29.2 Å². The van der Waals surface area contributed by atoms with Crippen LogP contribution in [-0.2, 0) is 4.79 Å². The Morgan fingerprint density at radius 2 is 1.90 bits per heavy atom. The maximum absolute atomic E-state index is 13.4. The largest absolute Gasteiger partial charge is 0.492 e. The molecular weight excluding hydrogens is 409 g/mol. The van der Waals surface area contributed by atoms with Crippen LogP contribution < -0.4 is 10.1 Å². The summed E-state index contributed by atoms with van der Waals surface area (Å²) < 4.78 is 18.9. The second-order valence-corrected chi connectivity index (χ2v) is 7.52. The smallest absolute Gasteiger partial charge is 0.254 e. The van der Waals surface area contributed by atoms with Crippen molar-refractivity contribution in [3.05, 3.63) is 64.9 Å². The van der Waals surface area contributed by atoms with Crippen LogP contribution in [0.4, 0.5) is 4.39 Å². The van der Waals surface area contributed by atoms with Crippen LogP contribution in [0.2, 0.25) is 5.02 Å². The normalized spacial score (nSPS) is 14.8. The molecule has 1 N–H and O–H groups in total. The fraction of sp³-hybridized carbons (Fsp3) is 0.364. The number of ether oxygens (including phenoxy) is 1. The Morgan fingerprint density at radius 1 is 1.07 bits per heavy atom. The summed E-state index contributed by atoms with van der Waals surface area (Å²) in [6, 6.07) is 12.8. The predicted molar refractivity (Wildman–Crippen MR) is 113 cm³/mol. The van der Waals surface area contributed by atoms with Crippen molar-refractivity contribution in [3.8, 4) is 5.75 Å². The van der Waals surface area contributed by atoms with Crippen LogP contribution in [0, 0.1) is 5.82 Å². The number of benzene rings is 2. The molecule has 2 aromatic carbocycles. The molecule has 8 heteroatoms. The van der Waals surface area contributed by atoms with Gasteiger partial charge in [0.05, 0.1) is 13.1 Å². The van der Waals surface area contributed by atoms with Crippen LogP contribution in [0.25, 0.3) is 0 Å². The third-order valence-corrected chi connectivity index (χ3v) is 5.04. The minimum Gasteiger partial charge on any atom is -0.492 e. The minimum atomic E-state index is -0.423. The molecule has 2 aromatic rings. The number of nitrogens with one attached hydrogen (secondary N) is 1. The Morgan fingerprint density at radius 3 is 2.70 bits per heavy atom. The van der Waals surface area contributed by atoms with Crippen LogP contribution >= 0.6 is 11.6 Å². The third-order valence-electron chi connectivity index (χ3n) is 4.80. The molecule has 3 rings (SSSR count). The number of carbonyl (C=O) groups excluding carboxylic acids is 2. The van der Waals surface area contributed by atoms with Gasteiger partial charge in [0.1, 0.15) is 18.2 Å². The topological polar surface area (TPSA) is 61.9 Å². The zero-order chi connectivity index (χ0) is 21.3. The molecule has 1 aliphatic heterocycles. The quantitative estimate of drug-likeness (QED) is 0.682. The first-order valence-electron chi connectivity index (χ1n) is 9.93. The van der Waals surface area contributed by atoms with Crippen molar-refractivity contribution in [1.29, 1.82) is 0 Å². The molecule has 2 amide bonds. The summed E-state index contributed by atoms with van der Waals surface area (Å²) >= 11 is 5.90. The lowest BCUT2D eigenvalue weighted by atomic mass is 10.2. The van der Waals surface area contributed by atoms with Gasteiger partial charge in [0.25, 0.3) is 5.91 Å². The standard InChI is InChI=1S/C22H25ClFN3O3/c23-18-5-2-7-20(15-18)30-13-8-25-21(28)16-26-9-3-10-27(12-11-26)22(29)17-4-1-6-19(24)14-17/h1-2,4-7,14-15H,3,8-13,16H2,(H,25,28). The maximum atomic E-state index is 13.4.